The van der Waals surface area contributed by atoms with Gasteiger partial charge in [0.2, 0.25) is 0 Å². The summed E-state index contributed by atoms with van der Waals surface area (Å²) in [5, 5.41) is 12.3. The van der Waals surface area contributed by atoms with Crippen molar-refractivity contribution >= 4 is 5.91 Å². The van der Waals surface area contributed by atoms with Crippen molar-refractivity contribution in [3.63, 3.8) is 0 Å². The molecule has 2 aromatic carbocycles. The minimum atomic E-state index is -0.0442. The number of nitrogens with one attached hydrogen (secondary N) is 1. The Balaban J connectivity index is 1.44. The van der Waals surface area contributed by atoms with Crippen LogP contribution in [0, 0.1) is 0 Å². The molecule has 0 aromatic heterocycles. The minimum Gasteiger partial charge on any atom is -0.508 e. The standard InChI is InChI=1S/C28H36N4O2/c1-2-15-30-18-14-24-12-13-25(20-30)32(24)27(23-6-5-7-26(33)19-23)21-8-10-22(11-9-21)28(34)29-31-16-3-4-17-31/h2,5-11,19,24-25,27,33H,1,3-4,12-18,20H2,(H,29,34). The quantitative estimate of drug-likeness (QED) is 0.613. The largest absolute Gasteiger partial charge is 0.508 e. The number of phenolic OH excluding ortho intramolecular Hbond substituents is 1. The lowest BCUT2D eigenvalue weighted by molar-refractivity contribution is 0.0825. The molecule has 5 rings (SSSR count). The summed E-state index contributed by atoms with van der Waals surface area (Å²) >= 11 is 0. The fraction of sp³-hybridized carbons (Fsp3) is 0.464. The molecule has 3 fully saturated rings. The zero-order valence-electron chi connectivity index (χ0n) is 19.9. The number of rotatable bonds is 7. The van der Waals surface area contributed by atoms with Gasteiger partial charge in [0.15, 0.2) is 0 Å². The van der Waals surface area contributed by atoms with Crippen LogP contribution in [-0.4, -0.2) is 70.6 Å². The fourth-order valence-electron chi connectivity index (χ4n) is 6.04. The zero-order valence-corrected chi connectivity index (χ0v) is 19.9. The van der Waals surface area contributed by atoms with E-state index in [1.807, 2.05) is 35.4 Å². The first-order valence-corrected chi connectivity index (χ1v) is 12.7. The number of amides is 1. The van der Waals surface area contributed by atoms with Crippen LogP contribution in [0.1, 0.15) is 59.6 Å². The molecule has 2 aromatic rings. The summed E-state index contributed by atoms with van der Waals surface area (Å²) in [7, 11) is 0. The monoisotopic (exact) mass is 460 g/mol. The molecule has 3 heterocycles. The van der Waals surface area contributed by atoms with Gasteiger partial charge in [0.05, 0.1) is 6.04 Å². The van der Waals surface area contributed by atoms with Crippen molar-refractivity contribution in [1.29, 1.82) is 0 Å². The first kappa shape index (κ1) is 23.1. The predicted molar refractivity (Wildman–Crippen MR) is 135 cm³/mol. The van der Waals surface area contributed by atoms with E-state index in [9.17, 15) is 9.90 Å². The number of carbonyl (C=O) groups is 1. The van der Waals surface area contributed by atoms with Gasteiger partial charge in [-0.15, -0.1) is 6.58 Å². The molecule has 3 atom stereocenters. The van der Waals surface area contributed by atoms with Crippen LogP contribution in [0.3, 0.4) is 0 Å². The van der Waals surface area contributed by atoms with Gasteiger partial charge in [-0.2, -0.15) is 0 Å². The molecule has 6 heteroatoms. The van der Waals surface area contributed by atoms with Gasteiger partial charge in [0, 0.05) is 50.4 Å². The van der Waals surface area contributed by atoms with Crippen LogP contribution in [-0.2, 0) is 0 Å². The summed E-state index contributed by atoms with van der Waals surface area (Å²) in [6, 6.07) is 16.8. The first-order valence-electron chi connectivity index (χ1n) is 12.7. The molecular formula is C28H36N4O2. The Hall–Kier alpha value is -2.67. The highest BCUT2D eigenvalue weighted by atomic mass is 16.3. The second kappa shape index (κ2) is 10.3. The van der Waals surface area contributed by atoms with Crippen molar-refractivity contribution in [2.75, 3.05) is 32.7 Å². The van der Waals surface area contributed by atoms with E-state index in [4.69, 9.17) is 0 Å². The average molecular weight is 461 g/mol. The van der Waals surface area contributed by atoms with Crippen molar-refractivity contribution < 1.29 is 9.90 Å². The van der Waals surface area contributed by atoms with Crippen LogP contribution in [0.2, 0.25) is 0 Å². The lowest BCUT2D eigenvalue weighted by Crippen LogP contribution is -2.42. The molecule has 2 N–H and O–H groups in total. The van der Waals surface area contributed by atoms with Gasteiger partial charge in [-0.25, -0.2) is 5.01 Å². The van der Waals surface area contributed by atoms with Gasteiger partial charge >= 0.3 is 0 Å². The normalized spacial score (nSPS) is 24.6. The highest BCUT2D eigenvalue weighted by Gasteiger charge is 2.41. The van der Waals surface area contributed by atoms with E-state index in [0.717, 1.165) is 63.1 Å². The van der Waals surface area contributed by atoms with E-state index < -0.39 is 0 Å². The molecule has 1 amide bonds. The van der Waals surface area contributed by atoms with Gasteiger partial charge in [-0.05, 0) is 67.5 Å². The maximum atomic E-state index is 12.7. The second-order valence-corrected chi connectivity index (χ2v) is 9.92. The molecular weight excluding hydrogens is 424 g/mol. The predicted octanol–water partition coefficient (Wildman–Crippen LogP) is 3.95. The van der Waals surface area contributed by atoms with E-state index in [2.05, 4.69) is 40.0 Å². The van der Waals surface area contributed by atoms with Crippen LogP contribution >= 0.6 is 0 Å². The Labute approximate surface area is 202 Å². The van der Waals surface area contributed by atoms with Gasteiger partial charge < -0.3 is 5.11 Å². The number of fused-ring (bicyclic) bond motifs is 2. The van der Waals surface area contributed by atoms with Gasteiger partial charge in [-0.1, -0.05) is 30.3 Å². The molecule has 2 bridgehead atoms. The summed E-state index contributed by atoms with van der Waals surface area (Å²) in [5.74, 6) is 0.247. The molecule has 3 aliphatic rings. The number of carbonyl (C=O) groups excluding carboxylic acids is 1. The van der Waals surface area contributed by atoms with E-state index in [0.29, 0.717) is 23.4 Å². The molecule has 6 nitrogen and oxygen atoms in total. The third kappa shape index (κ3) is 4.90. The first-order chi connectivity index (χ1) is 16.6. The summed E-state index contributed by atoms with van der Waals surface area (Å²) in [6.07, 6.45) is 7.79. The SMILES string of the molecule is C=CCN1CCC2CCC(C1)N2C(c1ccc(C(=O)NN2CCCC2)cc1)c1cccc(O)c1. The van der Waals surface area contributed by atoms with Crippen molar-refractivity contribution in [3.05, 3.63) is 77.9 Å². The Morgan fingerprint density at radius 2 is 1.79 bits per heavy atom. The summed E-state index contributed by atoms with van der Waals surface area (Å²) < 4.78 is 0. The van der Waals surface area contributed by atoms with Crippen molar-refractivity contribution in [2.45, 2.75) is 50.2 Å². The number of hydrogen-bond donors (Lipinski definition) is 2. The lowest BCUT2D eigenvalue weighted by atomic mass is 9.94. The maximum Gasteiger partial charge on any atom is 0.265 e. The molecule has 0 saturated carbocycles. The molecule has 180 valence electrons. The smallest absolute Gasteiger partial charge is 0.265 e. The minimum absolute atomic E-state index is 0.0442. The number of nitrogens with zero attached hydrogens (tertiary/aromatic N) is 3. The summed E-state index contributed by atoms with van der Waals surface area (Å²) in [4.78, 5) is 17.9. The van der Waals surface area contributed by atoms with Gasteiger partial charge in [0.1, 0.15) is 5.75 Å². The molecule has 3 saturated heterocycles. The third-order valence-corrected chi connectivity index (χ3v) is 7.65. The summed E-state index contributed by atoms with van der Waals surface area (Å²) in [5.41, 5.74) is 5.98. The van der Waals surface area contributed by atoms with E-state index in [1.54, 1.807) is 6.07 Å². The van der Waals surface area contributed by atoms with Gasteiger partial charge in [0.25, 0.3) is 5.91 Å². The zero-order chi connectivity index (χ0) is 23.5. The molecule has 0 radical (unpaired) electrons. The van der Waals surface area contributed by atoms with Crippen molar-refractivity contribution in [3.8, 4) is 5.75 Å². The second-order valence-electron chi connectivity index (χ2n) is 9.92. The lowest BCUT2D eigenvalue weighted by Gasteiger charge is -2.37. The average Bonchev–Trinajstić information content (AvgIpc) is 3.44. The number of benzene rings is 2. The van der Waals surface area contributed by atoms with E-state index in [1.165, 1.54) is 12.8 Å². The van der Waals surface area contributed by atoms with Crippen LogP contribution in [0.5, 0.6) is 5.75 Å². The molecule has 34 heavy (non-hydrogen) atoms. The topological polar surface area (TPSA) is 59.0 Å². The Kier molecular flexibility index (Phi) is 6.99. The van der Waals surface area contributed by atoms with Crippen molar-refractivity contribution in [1.82, 2.24) is 20.2 Å². The van der Waals surface area contributed by atoms with Gasteiger partial charge in [-0.3, -0.25) is 20.0 Å². The van der Waals surface area contributed by atoms with Crippen LogP contribution in [0.4, 0.5) is 0 Å². The van der Waals surface area contributed by atoms with E-state index in [-0.39, 0.29) is 11.9 Å². The number of hydrazine groups is 1. The third-order valence-electron chi connectivity index (χ3n) is 7.65. The highest BCUT2D eigenvalue weighted by Crippen LogP contribution is 2.41. The molecule has 0 aliphatic carbocycles. The Morgan fingerprint density at radius 3 is 2.53 bits per heavy atom. The molecule has 3 aliphatic heterocycles. The van der Waals surface area contributed by atoms with Crippen LogP contribution in [0.25, 0.3) is 0 Å². The number of phenols is 1. The van der Waals surface area contributed by atoms with Crippen molar-refractivity contribution in [2.24, 2.45) is 0 Å². The van der Waals surface area contributed by atoms with Crippen LogP contribution in [0.15, 0.2) is 61.2 Å². The number of hydrogen-bond acceptors (Lipinski definition) is 5. The Bertz CT molecular complexity index is 1000. The van der Waals surface area contributed by atoms with E-state index >= 15 is 0 Å². The molecule has 3 unspecified atom stereocenters. The molecule has 0 spiro atoms. The Morgan fingerprint density at radius 1 is 1.03 bits per heavy atom. The number of likely N-dealkylation sites (tertiary alicyclic amines) is 1. The highest BCUT2D eigenvalue weighted by molar-refractivity contribution is 5.93. The summed E-state index contributed by atoms with van der Waals surface area (Å²) in [6.45, 7) is 8.83. The maximum absolute atomic E-state index is 12.7. The fourth-order valence-corrected chi connectivity index (χ4v) is 6.04. The van der Waals surface area contributed by atoms with Crippen LogP contribution < -0.4 is 5.43 Å². The number of aromatic hydroxyl groups is 1.